The molecule has 0 saturated carbocycles. The first kappa shape index (κ1) is 69.0. The second kappa shape index (κ2) is 32.8. The van der Waals surface area contributed by atoms with E-state index in [1.54, 1.807) is 25.3 Å². The molecule has 7 amide bonds. The average molecular weight is 1270 g/mol. The van der Waals surface area contributed by atoms with Crippen molar-refractivity contribution in [2.75, 3.05) is 46.5 Å². The van der Waals surface area contributed by atoms with Gasteiger partial charge in [-0.15, -0.1) is 0 Å². The van der Waals surface area contributed by atoms with E-state index in [1.165, 1.54) is 31.2 Å². The minimum Gasteiger partial charge on any atom is -0.504 e. The van der Waals surface area contributed by atoms with E-state index >= 15 is 0 Å². The molecule has 486 valence electrons. The van der Waals surface area contributed by atoms with E-state index in [-0.39, 0.29) is 48.7 Å². The van der Waals surface area contributed by atoms with Crippen molar-refractivity contribution in [3.8, 4) is 39.8 Å². The molecule has 31 heteroatoms. The molecule has 30 nitrogen and oxygen atoms in total. The van der Waals surface area contributed by atoms with Gasteiger partial charge in [0.15, 0.2) is 17.3 Å². The molecule has 4 heterocycles. The Kier molecular flexibility index (Phi) is 25.4. The molecule has 3 aliphatic rings. The van der Waals surface area contributed by atoms with Crippen molar-refractivity contribution in [2.45, 2.75) is 138 Å². The van der Waals surface area contributed by atoms with Crippen LogP contribution in [0.1, 0.15) is 74.7 Å². The maximum absolute atomic E-state index is 14.7. The van der Waals surface area contributed by atoms with Gasteiger partial charge < -0.3 is 96.0 Å². The lowest BCUT2D eigenvalue weighted by atomic mass is 9.98. The second-order valence-electron chi connectivity index (χ2n) is 22.1. The maximum atomic E-state index is 14.7. The molecule has 3 aromatic carbocycles. The quantitative estimate of drug-likeness (QED) is 0.0183. The van der Waals surface area contributed by atoms with Gasteiger partial charge in [-0.05, 0) is 93.2 Å². The molecule has 7 rings (SSSR count). The minimum absolute atomic E-state index is 0.00485. The highest BCUT2D eigenvalue weighted by atomic mass is 32.2. The van der Waals surface area contributed by atoms with Gasteiger partial charge in [0, 0.05) is 81.3 Å². The van der Waals surface area contributed by atoms with Crippen LogP contribution in [0.25, 0.3) is 22.6 Å². The number of aromatic hydroxyl groups is 1. The molecule has 13 atom stereocenters. The number of ether oxygens (including phenoxy) is 2. The van der Waals surface area contributed by atoms with Crippen molar-refractivity contribution in [3.05, 3.63) is 83.9 Å². The molecule has 0 bridgehead atoms. The van der Waals surface area contributed by atoms with Gasteiger partial charge in [0.25, 0.3) is 18.2 Å². The Morgan fingerprint density at radius 2 is 1.46 bits per heavy atom. The van der Waals surface area contributed by atoms with Gasteiger partial charge >= 0.3 is 0 Å². The fourth-order valence-electron chi connectivity index (χ4n) is 10.6. The first-order chi connectivity index (χ1) is 42.6. The summed E-state index contributed by atoms with van der Waals surface area (Å²) in [5.74, 6) is -8.22. The van der Waals surface area contributed by atoms with Gasteiger partial charge in [0.1, 0.15) is 47.7 Å². The van der Waals surface area contributed by atoms with E-state index in [0.29, 0.717) is 29.4 Å². The number of nitrogens with two attached hydrogens (primary N) is 1. The Bertz CT molecular complexity index is 3030. The largest absolute Gasteiger partial charge is 0.504 e. The number of hydrogen-bond acceptors (Lipinski definition) is 24. The highest BCUT2D eigenvalue weighted by molar-refractivity contribution is 7.90. The number of unbranched alkanes of at least 4 members (excludes halogenated alkanes) is 3. The number of benzene rings is 3. The SMILES string of the molecule is COCCCCCCOc1ccc(-c2cc(-c3ccc(C(=O)N[C@H]4C[C@H](O)CNC(=O)[C@@H]5[C@@H](O)[C@H](C)CN5C(=O)[C@H]([C@H](O)CCN)NC(=O)[C@H]([C@H](O)Cc5ccc(O)c(OSOOO)c5)NC(=O)[C@@H]5C[C@H](O)CN5C(=O)[C@H]([C@H](C)O)NC4=O)cc3)no2)cc1. The third kappa shape index (κ3) is 18.3. The summed E-state index contributed by atoms with van der Waals surface area (Å²) in [5.41, 5.74) is 7.60. The number of phenols is 1. The summed E-state index contributed by atoms with van der Waals surface area (Å²) in [6.45, 7) is 2.13. The Labute approximate surface area is 515 Å². The third-order valence-electron chi connectivity index (χ3n) is 15.5. The molecule has 4 aromatic rings. The molecule has 3 aliphatic heterocycles. The van der Waals surface area contributed by atoms with Crippen molar-refractivity contribution in [1.82, 2.24) is 41.5 Å². The highest BCUT2D eigenvalue weighted by Gasteiger charge is 2.50. The van der Waals surface area contributed by atoms with Crippen molar-refractivity contribution < 1.29 is 102 Å². The average Bonchev–Trinajstić information content (AvgIpc) is 4.45. The number of hydrogen-bond donors (Lipinski definition) is 14. The van der Waals surface area contributed by atoms with Crippen LogP contribution in [0.15, 0.2) is 77.3 Å². The summed E-state index contributed by atoms with van der Waals surface area (Å²) in [7, 11) is 1.68. The number of aromatic nitrogens is 1. The number of rotatable bonds is 23. The molecule has 3 fully saturated rings. The van der Waals surface area contributed by atoms with Crippen molar-refractivity contribution >= 4 is 53.7 Å². The number of fused-ring (bicyclic) bond motifs is 2. The smallest absolute Gasteiger partial charge is 0.261 e. The van der Waals surface area contributed by atoms with E-state index in [1.807, 2.05) is 24.3 Å². The van der Waals surface area contributed by atoms with Crippen molar-refractivity contribution in [2.24, 2.45) is 11.7 Å². The number of carbonyl (C=O) groups is 7. The number of aliphatic hydroxyl groups excluding tert-OH is 6. The number of carbonyl (C=O) groups excluding carboxylic acids is 7. The monoisotopic (exact) mass is 1270 g/mol. The van der Waals surface area contributed by atoms with Gasteiger partial charge in [-0.25, -0.2) is 5.26 Å². The van der Waals surface area contributed by atoms with E-state index in [4.69, 9.17) is 29.2 Å². The Hall–Kier alpha value is -7.53. The van der Waals surface area contributed by atoms with Gasteiger partial charge in [0.05, 0.1) is 43.2 Å². The fourth-order valence-corrected chi connectivity index (χ4v) is 10.9. The van der Waals surface area contributed by atoms with Crippen LogP contribution in [0.4, 0.5) is 0 Å². The summed E-state index contributed by atoms with van der Waals surface area (Å²) in [4.78, 5) is 103. The van der Waals surface area contributed by atoms with Gasteiger partial charge in [-0.2, -0.15) is 0 Å². The predicted octanol–water partition coefficient (Wildman–Crippen LogP) is -1.04. The molecule has 0 spiro atoms. The Balaban J connectivity index is 1.15. The Morgan fingerprint density at radius 3 is 2.15 bits per heavy atom. The van der Waals surface area contributed by atoms with E-state index in [0.717, 1.165) is 60.6 Å². The lowest BCUT2D eigenvalue weighted by Gasteiger charge is -2.34. The number of amides is 7. The van der Waals surface area contributed by atoms with E-state index in [2.05, 4.69) is 41.1 Å². The van der Waals surface area contributed by atoms with Crippen LogP contribution in [-0.4, -0.2) is 217 Å². The molecule has 3 saturated heterocycles. The molecule has 0 unspecified atom stereocenters. The van der Waals surface area contributed by atoms with Crippen LogP contribution < -0.4 is 41.2 Å². The molecule has 15 N–H and O–H groups in total. The maximum Gasteiger partial charge on any atom is 0.261 e. The summed E-state index contributed by atoms with van der Waals surface area (Å²) in [6, 6.07) is 7.43. The van der Waals surface area contributed by atoms with Crippen LogP contribution in [0.2, 0.25) is 0 Å². The van der Waals surface area contributed by atoms with Gasteiger partial charge in [-0.3, -0.25) is 33.6 Å². The number of methoxy groups -OCH3 is 1. The van der Waals surface area contributed by atoms with Crippen molar-refractivity contribution in [3.63, 3.8) is 0 Å². The summed E-state index contributed by atoms with van der Waals surface area (Å²) >= 11 is 0.0787. The van der Waals surface area contributed by atoms with Crippen LogP contribution >= 0.6 is 12.3 Å². The summed E-state index contributed by atoms with van der Waals surface area (Å²) < 4.78 is 26.0. The third-order valence-corrected chi connectivity index (χ3v) is 15.8. The fraction of sp³-hybridized carbons (Fsp3) is 0.517. The Morgan fingerprint density at radius 1 is 0.787 bits per heavy atom. The standard InChI is InChI=1S/C58H77N9O21S/c1-30-28-67-50(51(30)74)56(79)60-27-36(69)24-40(61-52(75)35-11-9-33(10-12-35)39-26-45(85-65-39)34-13-15-38(16-14-34)84-21-7-5-4-6-20-83-3)53(76)62-47(31(2)68)57(80)66-29-37(70)25-41(66)54(77)63-48(55(78)64-49(58(67)81)43(72)18-19-59)44(73)22-32-8-17-42(71)46(23-32)86-89-88-87-82/h8-17,23,26,30-31,36-37,40-41,43-44,47-51,68-74,82H,4-7,18-22,24-25,27-29,59H2,1-3H3,(H,60,79)(H,61,75)(H,62,76)(H,63,77)(H,64,78)/t30-,31+,36+,37+,40+,41+,43-,44-,47+,48+,49+,50+,51+/m1/s1. The van der Waals surface area contributed by atoms with Crippen molar-refractivity contribution in [1.29, 1.82) is 0 Å². The molecular weight excluding hydrogens is 1190 g/mol. The molecule has 0 radical (unpaired) electrons. The zero-order valence-corrected chi connectivity index (χ0v) is 49.9. The van der Waals surface area contributed by atoms with Gasteiger partial charge in [0.2, 0.25) is 35.4 Å². The van der Waals surface area contributed by atoms with Crippen LogP contribution in [0.5, 0.6) is 17.2 Å². The highest BCUT2D eigenvalue weighted by Crippen LogP contribution is 2.32. The minimum atomic E-state index is -2.11. The zero-order valence-electron chi connectivity index (χ0n) is 49.0. The summed E-state index contributed by atoms with van der Waals surface area (Å²) in [6.07, 6.45) is -8.29. The molecule has 1 aromatic heterocycles. The number of nitrogens with zero attached hydrogens (tertiary/aromatic N) is 3. The van der Waals surface area contributed by atoms with E-state index in [9.17, 15) is 69.3 Å². The van der Waals surface area contributed by atoms with Crippen LogP contribution in [0, 0.1) is 5.92 Å². The van der Waals surface area contributed by atoms with Crippen LogP contribution in [-0.2, 0) is 49.3 Å². The predicted molar refractivity (Wildman–Crippen MR) is 313 cm³/mol. The number of nitrogens with one attached hydrogen (secondary N) is 5. The molecule has 89 heavy (non-hydrogen) atoms. The lowest BCUT2D eigenvalue weighted by molar-refractivity contribution is -0.433. The number of β-amino-alcohol motifs (C(OH)–C–C–N with tert-alkyl or cyclic N) is 1. The first-order valence-electron chi connectivity index (χ1n) is 28.9. The lowest BCUT2D eigenvalue weighted by Crippen LogP contribution is -2.64. The first-order valence-corrected chi connectivity index (χ1v) is 29.6. The molecule has 0 aliphatic carbocycles. The normalized spacial score (nSPS) is 25.1. The zero-order chi connectivity index (χ0) is 64.5. The number of aliphatic hydroxyl groups is 6. The summed E-state index contributed by atoms with van der Waals surface area (Å²) in [5, 5.41) is 107. The topological polar surface area (TPSA) is 446 Å². The van der Waals surface area contributed by atoms with Crippen LogP contribution in [0.3, 0.4) is 0 Å². The molecular formula is C58H77N9O21S. The second-order valence-corrected chi connectivity index (χ2v) is 22.5. The van der Waals surface area contributed by atoms with E-state index < -0.39 is 158 Å². The number of phenolic OH excluding ortho intramolecular Hbond substituents is 1. The van der Waals surface area contributed by atoms with Gasteiger partial charge in [-0.1, -0.05) is 46.1 Å².